The first kappa shape index (κ1) is 22.4. The van der Waals surface area contributed by atoms with Crippen LogP contribution >= 0.6 is 0 Å². The largest absolute Gasteiger partial charge is 0.465 e. The van der Waals surface area contributed by atoms with Gasteiger partial charge in [0.25, 0.3) is 0 Å². The first-order chi connectivity index (χ1) is 12.4. The lowest BCUT2D eigenvalue weighted by Gasteiger charge is -2.24. The van der Waals surface area contributed by atoms with Gasteiger partial charge in [-0.15, -0.1) is 0 Å². The molecule has 0 bridgehead atoms. The van der Waals surface area contributed by atoms with E-state index in [1.54, 1.807) is 13.8 Å². The number of ether oxygens (including phenoxy) is 2. The molecule has 0 aliphatic heterocycles. The van der Waals surface area contributed by atoms with Crippen molar-refractivity contribution in [2.75, 3.05) is 13.2 Å². The highest BCUT2D eigenvalue weighted by atomic mass is 28.3. The van der Waals surface area contributed by atoms with E-state index in [-0.39, 0.29) is 13.2 Å². The van der Waals surface area contributed by atoms with Crippen LogP contribution in [-0.4, -0.2) is 33.2 Å². The van der Waals surface area contributed by atoms with Crippen LogP contribution in [0.4, 0.5) is 0 Å². The van der Waals surface area contributed by atoms with Crippen molar-refractivity contribution >= 4 is 25.2 Å². The molecule has 0 unspecified atom stereocenters. The van der Waals surface area contributed by atoms with Crippen LogP contribution in [-0.2, 0) is 25.5 Å². The van der Waals surface area contributed by atoms with Gasteiger partial charge in [-0.05, 0) is 32.3 Å². The monoisotopic (exact) mass is 378 g/mol. The molecule has 0 aromatic heterocycles. The predicted octanol–water partition coefficient (Wildman–Crippen LogP) is 4.08. The summed E-state index contributed by atoms with van der Waals surface area (Å²) in [5.74, 6) is -1.73. The van der Waals surface area contributed by atoms with Gasteiger partial charge < -0.3 is 9.47 Å². The summed E-state index contributed by atoms with van der Waals surface area (Å²) < 4.78 is 10.1. The topological polar surface area (TPSA) is 52.6 Å². The van der Waals surface area contributed by atoms with Crippen molar-refractivity contribution in [2.24, 2.45) is 5.92 Å². The van der Waals surface area contributed by atoms with E-state index in [0.717, 1.165) is 25.3 Å². The molecular formula is C21H34O4Si. The van der Waals surface area contributed by atoms with Gasteiger partial charge in [-0.2, -0.15) is 0 Å². The van der Waals surface area contributed by atoms with Crippen LogP contribution in [0.25, 0.3) is 0 Å². The smallest absolute Gasteiger partial charge is 0.320 e. The number of carbonyl (C=O) groups is 2. The molecule has 0 radical (unpaired) electrons. The quantitative estimate of drug-likeness (QED) is 0.331. The lowest BCUT2D eigenvalue weighted by atomic mass is 10.0. The van der Waals surface area contributed by atoms with Gasteiger partial charge in [0.2, 0.25) is 0 Å². The van der Waals surface area contributed by atoms with Gasteiger partial charge in [-0.25, -0.2) is 0 Å². The molecule has 26 heavy (non-hydrogen) atoms. The normalized spacial score (nSPS) is 11.5. The summed E-state index contributed by atoms with van der Waals surface area (Å²) in [5, 5.41) is 1.42. The fourth-order valence-electron chi connectivity index (χ4n) is 3.12. The molecular weight excluding hydrogens is 344 g/mol. The van der Waals surface area contributed by atoms with E-state index in [1.807, 2.05) is 0 Å². The van der Waals surface area contributed by atoms with Crippen molar-refractivity contribution in [3.8, 4) is 0 Å². The summed E-state index contributed by atoms with van der Waals surface area (Å²) in [7, 11) is -1.60. The second-order valence-corrected chi connectivity index (χ2v) is 12.1. The summed E-state index contributed by atoms with van der Waals surface area (Å²) in [6.45, 7) is 10.9. The molecule has 0 spiro atoms. The highest BCUT2D eigenvalue weighted by Crippen LogP contribution is 2.20. The van der Waals surface area contributed by atoms with Gasteiger partial charge in [-0.1, -0.05) is 68.4 Å². The zero-order chi connectivity index (χ0) is 19.6. The number of hydrogen-bond acceptors (Lipinski definition) is 4. The van der Waals surface area contributed by atoms with Crippen molar-refractivity contribution in [1.82, 2.24) is 0 Å². The minimum absolute atomic E-state index is 0.277. The molecule has 0 heterocycles. The van der Waals surface area contributed by atoms with Crippen LogP contribution < -0.4 is 5.19 Å². The van der Waals surface area contributed by atoms with Gasteiger partial charge >= 0.3 is 11.9 Å². The SMILES string of the molecule is CCCc1ccc([Si](C)(C)CCCC(C(=O)OCC)C(=O)OCC)cc1. The molecule has 0 aliphatic carbocycles. The molecule has 0 N–H and O–H groups in total. The van der Waals surface area contributed by atoms with Crippen molar-refractivity contribution in [2.45, 2.75) is 65.6 Å². The van der Waals surface area contributed by atoms with Crippen molar-refractivity contribution in [3.05, 3.63) is 29.8 Å². The molecule has 0 amide bonds. The van der Waals surface area contributed by atoms with Crippen LogP contribution in [0.15, 0.2) is 24.3 Å². The van der Waals surface area contributed by atoms with Crippen molar-refractivity contribution in [3.63, 3.8) is 0 Å². The van der Waals surface area contributed by atoms with E-state index in [2.05, 4.69) is 44.3 Å². The first-order valence-corrected chi connectivity index (χ1v) is 13.0. The Kier molecular flexibility index (Phi) is 9.63. The summed E-state index contributed by atoms with van der Waals surface area (Å²) >= 11 is 0. The zero-order valence-corrected chi connectivity index (χ0v) is 18.0. The lowest BCUT2D eigenvalue weighted by Crippen LogP contribution is -2.41. The number of carbonyl (C=O) groups excluding carboxylic acids is 2. The Balaban J connectivity index is 2.68. The Hall–Kier alpha value is -1.62. The molecule has 5 heteroatoms. The number of hydrogen-bond donors (Lipinski definition) is 0. The van der Waals surface area contributed by atoms with E-state index in [4.69, 9.17) is 9.47 Å². The van der Waals surface area contributed by atoms with Gasteiger partial charge in [0.05, 0.1) is 21.3 Å². The van der Waals surface area contributed by atoms with Gasteiger partial charge in [-0.3, -0.25) is 9.59 Å². The summed E-state index contributed by atoms with van der Waals surface area (Å²) in [4.78, 5) is 24.1. The average Bonchev–Trinajstić information content (AvgIpc) is 2.60. The zero-order valence-electron chi connectivity index (χ0n) is 17.0. The van der Waals surface area contributed by atoms with Crippen LogP contribution in [0, 0.1) is 5.92 Å². The molecule has 1 aromatic carbocycles. The van der Waals surface area contributed by atoms with Gasteiger partial charge in [0.15, 0.2) is 5.92 Å². The average molecular weight is 379 g/mol. The molecule has 4 nitrogen and oxygen atoms in total. The Bertz CT molecular complexity index is 548. The van der Waals surface area contributed by atoms with Crippen LogP contribution in [0.2, 0.25) is 19.1 Å². The highest BCUT2D eigenvalue weighted by Gasteiger charge is 2.30. The maximum atomic E-state index is 12.1. The fourth-order valence-corrected chi connectivity index (χ4v) is 5.57. The standard InChI is InChI=1S/C21H34O4Si/c1-6-10-17-12-14-18(15-13-17)26(4,5)16-9-11-19(20(22)24-7-2)21(23)25-8-3/h12-15,19H,6-11,16H2,1-5H3. The Morgan fingerprint density at radius 2 is 1.50 bits per heavy atom. The molecule has 0 atom stereocenters. The second kappa shape index (κ2) is 11.2. The number of aryl methyl sites for hydroxylation is 1. The molecule has 1 aromatic rings. The minimum Gasteiger partial charge on any atom is -0.465 e. The third-order valence-electron chi connectivity index (χ3n) is 4.71. The minimum atomic E-state index is -1.60. The second-order valence-electron chi connectivity index (χ2n) is 7.28. The summed E-state index contributed by atoms with van der Waals surface area (Å²) in [5.41, 5.74) is 1.38. The van der Waals surface area contributed by atoms with E-state index < -0.39 is 25.9 Å². The molecule has 0 fully saturated rings. The third-order valence-corrected chi connectivity index (χ3v) is 8.21. The number of benzene rings is 1. The fraction of sp³-hybridized carbons (Fsp3) is 0.619. The van der Waals surface area contributed by atoms with E-state index in [0.29, 0.717) is 6.42 Å². The van der Waals surface area contributed by atoms with Crippen LogP contribution in [0.1, 0.15) is 45.6 Å². The predicted molar refractivity (Wildman–Crippen MR) is 108 cm³/mol. The summed E-state index contributed by atoms with van der Waals surface area (Å²) in [6, 6.07) is 9.99. The number of rotatable bonds is 11. The highest BCUT2D eigenvalue weighted by molar-refractivity contribution is 6.89. The van der Waals surface area contributed by atoms with Crippen LogP contribution in [0.5, 0.6) is 0 Å². The molecule has 0 saturated heterocycles. The molecule has 1 rings (SSSR count). The molecule has 146 valence electrons. The maximum Gasteiger partial charge on any atom is 0.320 e. The van der Waals surface area contributed by atoms with Gasteiger partial charge in [0.1, 0.15) is 0 Å². The Labute approximate surface area is 159 Å². The maximum absolute atomic E-state index is 12.1. The lowest BCUT2D eigenvalue weighted by molar-refractivity contribution is -0.161. The molecule has 0 saturated carbocycles. The first-order valence-electron chi connectivity index (χ1n) is 9.78. The van der Waals surface area contributed by atoms with E-state index >= 15 is 0 Å². The van der Waals surface area contributed by atoms with E-state index in [9.17, 15) is 9.59 Å². The Morgan fingerprint density at radius 1 is 0.962 bits per heavy atom. The summed E-state index contributed by atoms with van der Waals surface area (Å²) in [6.07, 6.45) is 3.58. The van der Waals surface area contributed by atoms with Crippen LogP contribution in [0.3, 0.4) is 0 Å². The molecule has 0 aliphatic rings. The third kappa shape index (κ3) is 6.94. The Morgan fingerprint density at radius 3 is 1.96 bits per heavy atom. The number of esters is 2. The van der Waals surface area contributed by atoms with E-state index in [1.165, 1.54) is 10.8 Å². The van der Waals surface area contributed by atoms with Crippen molar-refractivity contribution in [1.29, 1.82) is 0 Å². The van der Waals surface area contributed by atoms with Gasteiger partial charge in [0, 0.05) is 0 Å². The van der Waals surface area contributed by atoms with Crippen molar-refractivity contribution < 1.29 is 19.1 Å².